The highest BCUT2D eigenvalue weighted by Gasteiger charge is 2.30. The van der Waals surface area contributed by atoms with E-state index in [9.17, 15) is 13.2 Å². The third-order valence-electron chi connectivity index (χ3n) is 2.41. The fraction of sp³-hybridized carbons (Fsp3) is 0.500. The molecule has 0 aliphatic heterocycles. The van der Waals surface area contributed by atoms with Crippen molar-refractivity contribution in [3.8, 4) is 6.07 Å². The molecule has 2 N–H and O–H groups in total. The van der Waals surface area contributed by atoms with Gasteiger partial charge in [0.1, 0.15) is 5.54 Å². The fourth-order valence-electron chi connectivity index (χ4n) is 1.31. The number of nitrogens with two attached hydrogens (primary N) is 1. The van der Waals surface area contributed by atoms with Crippen LogP contribution in [0.25, 0.3) is 0 Å². The summed E-state index contributed by atoms with van der Waals surface area (Å²) in [5.41, 5.74) is 4.05. The summed E-state index contributed by atoms with van der Waals surface area (Å²) in [5.74, 6) is 0.660. The van der Waals surface area contributed by atoms with Gasteiger partial charge in [-0.1, -0.05) is 0 Å². The molecule has 1 unspecified atom stereocenters. The standard InChI is InChI=1S/C12H14F3N3S/c1-11(17,8-16)5-2-6-19-10-4-3-9(7-18-10)12(13,14)15/h3-4,7H,2,5-6,17H2,1H3. The van der Waals surface area contributed by atoms with E-state index < -0.39 is 17.3 Å². The van der Waals surface area contributed by atoms with Crippen molar-refractivity contribution in [2.45, 2.75) is 36.5 Å². The Balaban J connectivity index is 2.41. The van der Waals surface area contributed by atoms with Crippen molar-refractivity contribution in [2.24, 2.45) is 5.73 Å². The van der Waals surface area contributed by atoms with Crippen molar-refractivity contribution in [3.05, 3.63) is 23.9 Å². The molecule has 0 aromatic carbocycles. The van der Waals surface area contributed by atoms with E-state index in [1.807, 2.05) is 6.07 Å². The van der Waals surface area contributed by atoms with Crippen LogP contribution >= 0.6 is 11.8 Å². The molecule has 0 amide bonds. The van der Waals surface area contributed by atoms with Crippen LogP contribution in [0.5, 0.6) is 0 Å². The summed E-state index contributed by atoms with van der Waals surface area (Å²) in [6.45, 7) is 1.65. The molecule has 0 saturated heterocycles. The van der Waals surface area contributed by atoms with E-state index >= 15 is 0 Å². The second-order valence-corrected chi connectivity index (χ2v) is 5.48. The number of alkyl halides is 3. The second kappa shape index (κ2) is 6.26. The van der Waals surface area contributed by atoms with E-state index in [0.29, 0.717) is 23.6 Å². The average molecular weight is 289 g/mol. The van der Waals surface area contributed by atoms with E-state index in [0.717, 1.165) is 12.3 Å². The predicted octanol–water partition coefficient (Wildman–Crippen LogP) is 3.21. The molecule has 1 rings (SSSR count). The van der Waals surface area contributed by atoms with Crippen molar-refractivity contribution in [1.29, 1.82) is 5.26 Å². The minimum absolute atomic E-state index is 0.531. The molecule has 104 valence electrons. The number of aromatic nitrogens is 1. The topological polar surface area (TPSA) is 62.7 Å². The lowest BCUT2D eigenvalue weighted by molar-refractivity contribution is -0.137. The van der Waals surface area contributed by atoms with Crippen LogP contribution in [0.1, 0.15) is 25.3 Å². The Morgan fingerprint density at radius 1 is 1.42 bits per heavy atom. The van der Waals surface area contributed by atoms with Crippen molar-refractivity contribution in [2.75, 3.05) is 5.75 Å². The number of rotatable bonds is 5. The van der Waals surface area contributed by atoms with Gasteiger partial charge in [-0.05, 0) is 37.7 Å². The quantitative estimate of drug-likeness (QED) is 0.668. The van der Waals surface area contributed by atoms with Gasteiger partial charge >= 0.3 is 6.18 Å². The van der Waals surface area contributed by atoms with Crippen molar-refractivity contribution >= 4 is 11.8 Å². The molecular weight excluding hydrogens is 275 g/mol. The van der Waals surface area contributed by atoms with Crippen LogP contribution < -0.4 is 5.73 Å². The highest BCUT2D eigenvalue weighted by Crippen LogP contribution is 2.29. The Kier molecular flexibility index (Phi) is 5.20. The minimum atomic E-state index is -4.36. The lowest BCUT2D eigenvalue weighted by atomic mass is 10.0. The van der Waals surface area contributed by atoms with Gasteiger partial charge in [0.05, 0.1) is 16.7 Å². The molecule has 0 radical (unpaired) electrons. The number of hydrogen-bond donors (Lipinski definition) is 1. The fourth-order valence-corrected chi connectivity index (χ4v) is 2.09. The van der Waals surface area contributed by atoms with E-state index in [2.05, 4.69) is 4.98 Å². The number of halogens is 3. The van der Waals surface area contributed by atoms with E-state index in [-0.39, 0.29) is 0 Å². The van der Waals surface area contributed by atoms with Gasteiger partial charge < -0.3 is 5.73 Å². The van der Waals surface area contributed by atoms with Gasteiger partial charge in [0.25, 0.3) is 0 Å². The van der Waals surface area contributed by atoms with Crippen LogP contribution in [-0.2, 0) is 6.18 Å². The summed E-state index contributed by atoms with van der Waals surface area (Å²) in [4.78, 5) is 3.75. The van der Waals surface area contributed by atoms with Crippen LogP contribution in [0.4, 0.5) is 13.2 Å². The van der Waals surface area contributed by atoms with Crippen molar-refractivity contribution in [1.82, 2.24) is 4.98 Å². The first-order valence-corrected chi connectivity index (χ1v) is 6.59. The van der Waals surface area contributed by atoms with E-state index in [1.54, 1.807) is 6.92 Å². The highest BCUT2D eigenvalue weighted by molar-refractivity contribution is 7.99. The molecular formula is C12H14F3N3S. The number of pyridine rings is 1. The summed E-state index contributed by atoms with van der Waals surface area (Å²) in [7, 11) is 0. The Hall–Kier alpha value is -1.26. The van der Waals surface area contributed by atoms with Gasteiger partial charge in [-0.3, -0.25) is 0 Å². The lowest BCUT2D eigenvalue weighted by Gasteiger charge is -2.14. The lowest BCUT2D eigenvalue weighted by Crippen LogP contribution is -2.33. The van der Waals surface area contributed by atoms with Gasteiger partial charge in [0.15, 0.2) is 0 Å². The Labute approximate surface area is 114 Å². The zero-order chi connectivity index (χ0) is 14.5. The molecule has 7 heteroatoms. The first-order valence-electron chi connectivity index (χ1n) is 5.61. The van der Waals surface area contributed by atoms with Crippen molar-refractivity contribution < 1.29 is 13.2 Å². The summed E-state index contributed by atoms with van der Waals surface area (Å²) < 4.78 is 36.9. The Morgan fingerprint density at radius 3 is 2.58 bits per heavy atom. The third-order valence-corrected chi connectivity index (χ3v) is 3.44. The summed E-state index contributed by atoms with van der Waals surface area (Å²) >= 11 is 1.35. The monoisotopic (exact) mass is 289 g/mol. The van der Waals surface area contributed by atoms with Gasteiger partial charge in [0, 0.05) is 6.20 Å². The van der Waals surface area contributed by atoms with Crippen LogP contribution in [-0.4, -0.2) is 16.3 Å². The average Bonchev–Trinajstić information content (AvgIpc) is 2.34. The summed E-state index contributed by atoms with van der Waals surface area (Å²) in [6, 6.07) is 4.35. The zero-order valence-electron chi connectivity index (χ0n) is 10.4. The molecule has 1 aromatic rings. The van der Waals surface area contributed by atoms with Gasteiger partial charge in [-0.15, -0.1) is 11.8 Å². The van der Waals surface area contributed by atoms with Crippen LogP contribution in [0.15, 0.2) is 23.4 Å². The normalized spacial score (nSPS) is 14.7. The molecule has 1 atom stereocenters. The Bertz CT molecular complexity index is 449. The molecule has 0 saturated carbocycles. The van der Waals surface area contributed by atoms with Gasteiger partial charge in [-0.25, -0.2) is 4.98 Å². The maximum Gasteiger partial charge on any atom is 0.417 e. The number of thioether (sulfide) groups is 1. The van der Waals surface area contributed by atoms with Crippen LogP contribution in [0.2, 0.25) is 0 Å². The Morgan fingerprint density at radius 2 is 2.11 bits per heavy atom. The molecule has 0 spiro atoms. The second-order valence-electron chi connectivity index (χ2n) is 4.36. The maximum absolute atomic E-state index is 12.3. The molecule has 0 aliphatic rings. The zero-order valence-corrected chi connectivity index (χ0v) is 11.2. The van der Waals surface area contributed by atoms with E-state index in [1.165, 1.54) is 17.8 Å². The maximum atomic E-state index is 12.3. The first-order chi connectivity index (χ1) is 8.74. The highest BCUT2D eigenvalue weighted by atomic mass is 32.2. The molecule has 0 fully saturated rings. The molecule has 0 aliphatic carbocycles. The molecule has 1 aromatic heterocycles. The number of nitrogens with zero attached hydrogens (tertiary/aromatic N) is 2. The first kappa shape index (κ1) is 15.8. The van der Waals surface area contributed by atoms with E-state index in [4.69, 9.17) is 11.0 Å². The molecule has 1 heterocycles. The molecule has 3 nitrogen and oxygen atoms in total. The smallest absolute Gasteiger partial charge is 0.314 e. The summed E-state index contributed by atoms with van der Waals surface area (Å²) in [6.07, 6.45) is -2.29. The third kappa shape index (κ3) is 5.49. The SMILES string of the molecule is CC(N)(C#N)CCCSc1ccc(C(F)(F)F)cn1. The van der Waals surface area contributed by atoms with Gasteiger partial charge in [-0.2, -0.15) is 18.4 Å². The molecule has 19 heavy (non-hydrogen) atoms. The number of nitriles is 1. The predicted molar refractivity (Wildman–Crippen MR) is 67.4 cm³/mol. The van der Waals surface area contributed by atoms with Crippen LogP contribution in [0, 0.1) is 11.3 Å². The minimum Gasteiger partial charge on any atom is -0.314 e. The van der Waals surface area contributed by atoms with Crippen molar-refractivity contribution in [3.63, 3.8) is 0 Å². The summed E-state index contributed by atoms with van der Waals surface area (Å²) in [5, 5.41) is 9.25. The number of hydrogen-bond acceptors (Lipinski definition) is 4. The largest absolute Gasteiger partial charge is 0.417 e. The van der Waals surface area contributed by atoms with Gasteiger partial charge in [0.2, 0.25) is 0 Å². The van der Waals surface area contributed by atoms with Crippen LogP contribution in [0.3, 0.4) is 0 Å². The molecule has 0 bridgehead atoms.